The Morgan fingerprint density at radius 1 is 1.41 bits per heavy atom. The number of hydrogen-bond donors (Lipinski definition) is 1. The standard InChI is InChI=1S/C13H18BrN3/c1-5-15-13(2,3)12-16-10-8-9(14)6-7-11(10)17(12)4/h6-8,15H,5H2,1-4H3. The molecule has 0 spiro atoms. The van der Waals surface area contributed by atoms with Crippen LogP contribution in [-0.4, -0.2) is 16.1 Å². The van der Waals surface area contributed by atoms with Crippen molar-refractivity contribution in [2.75, 3.05) is 6.54 Å². The largest absolute Gasteiger partial charge is 0.330 e. The van der Waals surface area contributed by atoms with Crippen LogP contribution in [0.3, 0.4) is 0 Å². The topological polar surface area (TPSA) is 29.9 Å². The molecule has 0 atom stereocenters. The van der Waals surface area contributed by atoms with E-state index in [2.05, 4.69) is 65.8 Å². The highest BCUT2D eigenvalue weighted by atomic mass is 79.9. The summed E-state index contributed by atoms with van der Waals surface area (Å²) < 4.78 is 3.22. The Morgan fingerprint density at radius 2 is 2.12 bits per heavy atom. The SMILES string of the molecule is CCNC(C)(C)c1nc2cc(Br)ccc2n1C. The van der Waals surface area contributed by atoms with Gasteiger partial charge in [0, 0.05) is 11.5 Å². The van der Waals surface area contributed by atoms with Gasteiger partial charge < -0.3 is 9.88 Å². The number of fused-ring (bicyclic) bond motifs is 1. The molecule has 4 heteroatoms. The molecule has 1 aromatic heterocycles. The van der Waals surface area contributed by atoms with Gasteiger partial charge in [-0.15, -0.1) is 0 Å². The van der Waals surface area contributed by atoms with Crippen LogP contribution in [0.2, 0.25) is 0 Å². The Hall–Kier alpha value is -0.870. The van der Waals surface area contributed by atoms with Crippen molar-refractivity contribution >= 4 is 27.0 Å². The van der Waals surface area contributed by atoms with Crippen LogP contribution in [0.15, 0.2) is 22.7 Å². The molecule has 0 aliphatic carbocycles. The van der Waals surface area contributed by atoms with Gasteiger partial charge in [0.2, 0.25) is 0 Å². The first-order chi connectivity index (χ1) is 7.95. The number of hydrogen-bond acceptors (Lipinski definition) is 2. The highest BCUT2D eigenvalue weighted by Gasteiger charge is 2.25. The minimum absolute atomic E-state index is 0.116. The summed E-state index contributed by atoms with van der Waals surface area (Å²) in [7, 11) is 2.07. The maximum Gasteiger partial charge on any atom is 0.129 e. The van der Waals surface area contributed by atoms with Gasteiger partial charge in [0.25, 0.3) is 0 Å². The second kappa shape index (κ2) is 4.42. The summed E-state index contributed by atoms with van der Waals surface area (Å²) in [6, 6.07) is 6.20. The molecule has 92 valence electrons. The van der Waals surface area contributed by atoms with Crippen molar-refractivity contribution in [3.05, 3.63) is 28.5 Å². The number of halogens is 1. The fraction of sp³-hybridized carbons (Fsp3) is 0.462. The first kappa shape index (κ1) is 12.6. The Bertz CT molecular complexity index is 543. The van der Waals surface area contributed by atoms with Crippen molar-refractivity contribution in [1.82, 2.24) is 14.9 Å². The molecule has 0 unspecified atom stereocenters. The molecule has 0 saturated heterocycles. The van der Waals surface area contributed by atoms with Crippen molar-refractivity contribution in [3.63, 3.8) is 0 Å². The van der Waals surface area contributed by atoms with Crippen molar-refractivity contribution in [1.29, 1.82) is 0 Å². The van der Waals surface area contributed by atoms with E-state index in [9.17, 15) is 0 Å². The molecule has 0 amide bonds. The lowest BCUT2D eigenvalue weighted by molar-refractivity contribution is 0.383. The second-order valence-corrected chi connectivity index (χ2v) is 5.70. The predicted octanol–water partition coefficient (Wildman–Crippen LogP) is 3.18. The van der Waals surface area contributed by atoms with Gasteiger partial charge in [0.05, 0.1) is 16.6 Å². The fourth-order valence-corrected chi connectivity index (χ4v) is 2.60. The number of imidazole rings is 1. The van der Waals surface area contributed by atoms with E-state index in [4.69, 9.17) is 4.98 Å². The average molecular weight is 296 g/mol. The molecule has 0 aliphatic heterocycles. The molecule has 3 nitrogen and oxygen atoms in total. The van der Waals surface area contributed by atoms with E-state index in [1.807, 2.05) is 6.07 Å². The Kier molecular flexibility index (Phi) is 3.27. The van der Waals surface area contributed by atoms with Gasteiger partial charge in [-0.2, -0.15) is 0 Å². The van der Waals surface area contributed by atoms with Crippen LogP contribution < -0.4 is 5.32 Å². The Labute approximate surface area is 110 Å². The zero-order valence-electron chi connectivity index (χ0n) is 10.7. The third kappa shape index (κ3) is 2.24. The van der Waals surface area contributed by atoms with Crippen molar-refractivity contribution in [2.24, 2.45) is 7.05 Å². The number of aryl methyl sites for hydroxylation is 1. The molecule has 0 saturated carbocycles. The maximum absolute atomic E-state index is 4.73. The lowest BCUT2D eigenvalue weighted by atomic mass is 10.1. The van der Waals surface area contributed by atoms with Gasteiger partial charge in [-0.05, 0) is 38.6 Å². The van der Waals surface area contributed by atoms with Crippen molar-refractivity contribution in [2.45, 2.75) is 26.3 Å². The molecular formula is C13H18BrN3. The van der Waals surface area contributed by atoms with Crippen LogP contribution in [0, 0.1) is 0 Å². The summed E-state index contributed by atoms with van der Waals surface area (Å²) in [5.74, 6) is 1.06. The summed E-state index contributed by atoms with van der Waals surface area (Å²) in [6.45, 7) is 7.36. The fourth-order valence-electron chi connectivity index (χ4n) is 2.25. The normalized spacial score (nSPS) is 12.3. The molecule has 2 aromatic rings. The van der Waals surface area contributed by atoms with Gasteiger partial charge in [-0.3, -0.25) is 0 Å². The van der Waals surface area contributed by atoms with Gasteiger partial charge in [0.1, 0.15) is 5.82 Å². The highest BCUT2D eigenvalue weighted by molar-refractivity contribution is 9.10. The molecule has 1 aromatic carbocycles. The third-order valence-corrected chi connectivity index (χ3v) is 3.51. The summed E-state index contributed by atoms with van der Waals surface area (Å²) in [5, 5.41) is 3.46. The van der Waals surface area contributed by atoms with E-state index in [1.54, 1.807) is 0 Å². The lowest BCUT2D eigenvalue weighted by Crippen LogP contribution is -2.38. The average Bonchev–Trinajstić information content (AvgIpc) is 2.56. The van der Waals surface area contributed by atoms with E-state index in [1.165, 1.54) is 0 Å². The maximum atomic E-state index is 4.73. The van der Waals surface area contributed by atoms with Crippen LogP contribution >= 0.6 is 15.9 Å². The molecule has 0 bridgehead atoms. The van der Waals surface area contributed by atoms with Crippen LogP contribution in [0.1, 0.15) is 26.6 Å². The minimum atomic E-state index is -0.116. The molecular weight excluding hydrogens is 278 g/mol. The van der Waals surface area contributed by atoms with Crippen LogP contribution in [0.25, 0.3) is 11.0 Å². The van der Waals surface area contributed by atoms with Crippen LogP contribution in [0.5, 0.6) is 0 Å². The third-order valence-electron chi connectivity index (χ3n) is 3.02. The van der Waals surface area contributed by atoms with Gasteiger partial charge >= 0.3 is 0 Å². The smallest absolute Gasteiger partial charge is 0.129 e. The zero-order valence-corrected chi connectivity index (χ0v) is 12.3. The summed E-state index contributed by atoms with van der Waals surface area (Å²) in [5.41, 5.74) is 2.08. The van der Waals surface area contributed by atoms with Crippen molar-refractivity contribution < 1.29 is 0 Å². The Morgan fingerprint density at radius 3 is 2.76 bits per heavy atom. The van der Waals surface area contributed by atoms with Crippen LogP contribution in [0.4, 0.5) is 0 Å². The number of nitrogens with one attached hydrogen (secondary N) is 1. The van der Waals surface area contributed by atoms with Gasteiger partial charge in [0.15, 0.2) is 0 Å². The van der Waals surface area contributed by atoms with Crippen molar-refractivity contribution in [3.8, 4) is 0 Å². The lowest BCUT2D eigenvalue weighted by Gasteiger charge is -2.25. The molecule has 1 N–H and O–H groups in total. The van der Waals surface area contributed by atoms with E-state index < -0.39 is 0 Å². The second-order valence-electron chi connectivity index (χ2n) is 4.78. The first-order valence-electron chi connectivity index (χ1n) is 5.83. The molecule has 2 rings (SSSR count). The molecule has 0 radical (unpaired) electrons. The molecule has 17 heavy (non-hydrogen) atoms. The van der Waals surface area contributed by atoms with Gasteiger partial charge in [-0.25, -0.2) is 4.98 Å². The first-order valence-corrected chi connectivity index (χ1v) is 6.62. The number of rotatable bonds is 3. The van der Waals surface area contributed by atoms with Gasteiger partial charge in [-0.1, -0.05) is 22.9 Å². The summed E-state index contributed by atoms with van der Waals surface area (Å²) >= 11 is 3.48. The minimum Gasteiger partial charge on any atom is -0.330 e. The summed E-state index contributed by atoms with van der Waals surface area (Å²) in [4.78, 5) is 4.73. The zero-order chi connectivity index (χ0) is 12.6. The molecule has 1 heterocycles. The van der Waals surface area contributed by atoms with E-state index in [0.717, 1.165) is 27.9 Å². The molecule has 0 aliphatic rings. The predicted molar refractivity (Wildman–Crippen MR) is 75.1 cm³/mol. The summed E-state index contributed by atoms with van der Waals surface area (Å²) in [6.07, 6.45) is 0. The van der Waals surface area contributed by atoms with E-state index in [-0.39, 0.29) is 5.54 Å². The quantitative estimate of drug-likeness (QED) is 0.942. The monoisotopic (exact) mass is 295 g/mol. The Balaban J connectivity index is 2.59. The number of aromatic nitrogens is 2. The highest BCUT2D eigenvalue weighted by Crippen LogP contribution is 2.25. The number of benzene rings is 1. The van der Waals surface area contributed by atoms with E-state index in [0.29, 0.717) is 0 Å². The van der Waals surface area contributed by atoms with E-state index >= 15 is 0 Å². The molecule has 0 fully saturated rings. The number of nitrogens with zero attached hydrogens (tertiary/aromatic N) is 2. The van der Waals surface area contributed by atoms with Crippen LogP contribution in [-0.2, 0) is 12.6 Å².